The fourth-order valence-corrected chi connectivity index (χ4v) is 3.20. The molecule has 0 aromatic heterocycles. The molecular formula is C18H22ClN3O2. The first kappa shape index (κ1) is 17.1. The number of hydrogen-bond donors (Lipinski definition) is 1. The van der Waals surface area contributed by atoms with E-state index in [2.05, 4.69) is 21.5 Å². The number of rotatable bonds is 5. The van der Waals surface area contributed by atoms with E-state index in [0.717, 1.165) is 48.8 Å². The highest BCUT2D eigenvalue weighted by Crippen LogP contribution is 2.23. The van der Waals surface area contributed by atoms with Crippen molar-refractivity contribution in [3.8, 4) is 0 Å². The Kier molecular flexibility index (Phi) is 5.66. The molecular weight excluding hydrogens is 326 g/mol. The normalized spacial score (nSPS) is 20.2. The Labute approximate surface area is 147 Å². The SMILES string of the molecule is COC(CN1CC=C(C2=NNC(=O)CC2)CC1)c1ccc(Cl)cc1. The first-order valence-electron chi connectivity index (χ1n) is 8.21. The molecule has 1 aromatic carbocycles. The molecule has 2 heterocycles. The topological polar surface area (TPSA) is 53.9 Å². The Bertz CT molecular complexity index is 655. The van der Waals surface area contributed by atoms with Gasteiger partial charge in [0.2, 0.25) is 5.91 Å². The van der Waals surface area contributed by atoms with E-state index in [4.69, 9.17) is 16.3 Å². The number of halogens is 1. The number of nitrogens with one attached hydrogen (secondary N) is 1. The van der Waals surface area contributed by atoms with E-state index in [-0.39, 0.29) is 12.0 Å². The summed E-state index contributed by atoms with van der Waals surface area (Å²) >= 11 is 5.95. The Morgan fingerprint density at radius 3 is 2.67 bits per heavy atom. The van der Waals surface area contributed by atoms with E-state index in [1.165, 1.54) is 5.57 Å². The first-order valence-corrected chi connectivity index (χ1v) is 8.59. The zero-order chi connectivity index (χ0) is 16.9. The second-order valence-electron chi connectivity index (χ2n) is 6.11. The summed E-state index contributed by atoms with van der Waals surface area (Å²) in [5.74, 6) is 0.00249. The first-order chi connectivity index (χ1) is 11.7. The minimum Gasteiger partial charge on any atom is -0.375 e. The lowest BCUT2D eigenvalue weighted by molar-refractivity contribution is -0.121. The summed E-state index contributed by atoms with van der Waals surface area (Å²) in [5, 5.41) is 4.92. The average molecular weight is 348 g/mol. The van der Waals surface area contributed by atoms with Crippen molar-refractivity contribution >= 4 is 23.2 Å². The highest BCUT2D eigenvalue weighted by atomic mass is 35.5. The largest absolute Gasteiger partial charge is 0.375 e. The molecule has 0 saturated carbocycles. The van der Waals surface area contributed by atoms with Crippen LogP contribution in [0.15, 0.2) is 41.0 Å². The summed E-state index contributed by atoms with van der Waals surface area (Å²) in [6.07, 6.45) is 4.47. The molecule has 0 fully saturated rings. The van der Waals surface area contributed by atoms with E-state index in [1.54, 1.807) is 7.11 Å². The van der Waals surface area contributed by atoms with Crippen molar-refractivity contribution in [2.45, 2.75) is 25.4 Å². The van der Waals surface area contributed by atoms with Crippen molar-refractivity contribution < 1.29 is 9.53 Å². The van der Waals surface area contributed by atoms with Gasteiger partial charge in [-0.05, 0) is 29.7 Å². The third kappa shape index (κ3) is 4.23. The van der Waals surface area contributed by atoms with E-state index < -0.39 is 0 Å². The van der Waals surface area contributed by atoms with Gasteiger partial charge in [0.25, 0.3) is 0 Å². The fraction of sp³-hybridized carbons (Fsp3) is 0.444. The number of hydrazone groups is 1. The van der Waals surface area contributed by atoms with Crippen molar-refractivity contribution in [1.29, 1.82) is 0 Å². The third-order valence-electron chi connectivity index (χ3n) is 4.52. The van der Waals surface area contributed by atoms with Gasteiger partial charge >= 0.3 is 0 Å². The third-order valence-corrected chi connectivity index (χ3v) is 4.77. The quantitative estimate of drug-likeness (QED) is 0.891. The molecule has 3 rings (SSSR count). The monoisotopic (exact) mass is 347 g/mol. The summed E-state index contributed by atoms with van der Waals surface area (Å²) in [4.78, 5) is 13.6. The Morgan fingerprint density at radius 1 is 1.29 bits per heavy atom. The molecule has 0 spiro atoms. The standard InChI is InChI=1S/C18H22ClN3O2/c1-24-17(14-2-4-15(19)5-3-14)12-22-10-8-13(9-11-22)16-6-7-18(23)21-20-16/h2-5,8,17H,6-7,9-12H2,1H3,(H,21,23). The predicted molar refractivity (Wildman–Crippen MR) is 95.2 cm³/mol. The van der Waals surface area contributed by atoms with E-state index >= 15 is 0 Å². The molecule has 1 atom stereocenters. The number of carbonyl (C=O) groups excluding carboxylic acids is 1. The number of carbonyl (C=O) groups is 1. The molecule has 24 heavy (non-hydrogen) atoms. The van der Waals surface area contributed by atoms with Crippen LogP contribution in [0, 0.1) is 0 Å². The van der Waals surface area contributed by atoms with Crippen LogP contribution in [0.1, 0.15) is 30.9 Å². The van der Waals surface area contributed by atoms with Crippen molar-refractivity contribution in [1.82, 2.24) is 10.3 Å². The Morgan fingerprint density at radius 2 is 2.08 bits per heavy atom. The van der Waals surface area contributed by atoms with Crippen LogP contribution in [-0.2, 0) is 9.53 Å². The van der Waals surface area contributed by atoms with Gasteiger partial charge in [0.15, 0.2) is 0 Å². The molecule has 2 aliphatic heterocycles. The molecule has 0 saturated heterocycles. The van der Waals surface area contributed by atoms with Gasteiger partial charge in [-0.2, -0.15) is 5.10 Å². The van der Waals surface area contributed by atoms with E-state index in [1.807, 2.05) is 24.3 Å². The van der Waals surface area contributed by atoms with Gasteiger partial charge in [0.1, 0.15) is 0 Å². The minimum absolute atomic E-state index is 0.00249. The molecule has 1 unspecified atom stereocenters. The van der Waals surface area contributed by atoms with Gasteiger partial charge in [-0.3, -0.25) is 9.69 Å². The van der Waals surface area contributed by atoms with Crippen molar-refractivity contribution in [2.75, 3.05) is 26.7 Å². The number of methoxy groups -OCH3 is 1. The Hall–Kier alpha value is -1.69. The average Bonchev–Trinajstić information content (AvgIpc) is 2.62. The number of hydrogen-bond acceptors (Lipinski definition) is 4. The lowest BCUT2D eigenvalue weighted by Crippen LogP contribution is -2.35. The highest BCUT2D eigenvalue weighted by molar-refractivity contribution is 6.30. The molecule has 2 aliphatic rings. The molecule has 1 amide bonds. The van der Waals surface area contributed by atoms with Gasteiger partial charge < -0.3 is 4.74 Å². The van der Waals surface area contributed by atoms with Crippen LogP contribution < -0.4 is 5.43 Å². The van der Waals surface area contributed by atoms with Crippen LogP contribution in [0.3, 0.4) is 0 Å². The number of benzene rings is 1. The van der Waals surface area contributed by atoms with Crippen LogP contribution in [0.4, 0.5) is 0 Å². The second-order valence-corrected chi connectivity index (χ2v) is 6.54. The number of nitrogens with zero attached hydrogens (tertiary/aromatic N) is 2. The van der Waals surface area contributed by atoms with Crippen molar-refractivity contribution in [2.24, 2.45) is 5.10 Å². The van der Waals surface area contributed by atoms with Crippen LogP contribution in [0.2, 0.25) is 5.02 Å². The molecule has 0 radical (unpaired) electrons. The predicted octanol–water partition coefficient (Wildman–Crippen LogP) is 2.93. The molecule has 6 heteroatoms. The molecule has 1 aromatic rings. The lowest BCUT2D eigenvalue weighted by Gasteiger charge is -2.30. The molecule has 0 aliphatic carbocycles. The molecule has 128 valence electrons. The molecule has 0 bridgehead atoms. The summed E-state index contributed by atoms with van der Waals surface area (Å²) < 4.78 is 5.66. The molecule has 5 nitrogen and oxygen atoms in total. The van der Waals surface area contributed by atoms with Crippen LogP contribution in [0.5, 0.6) is 0 Å². The van der Waals surface area contributed by atoms with Crippen LogP contribution in [-0.4, -0.2) is 43.3 Å². The van der Waals surface area contributed by atoms with Gasteiger partial charge in [-0.25, -0.2) is 5.43 Å². The second kappa shape index (κ2) is 7.92. The van der Waals surface area contributed by atoms with Crippen molar-refractivity contribution in [3.63, 3.8) is 0 Å². The lowest BCUT2D eigenvalue weighted by atomic mass is 9.98. The van der Waals surface area contributed by atoms with Gasteiger partial charge in [-0.15, -0.1) is 0 Å². The van der Waals surface area contributed by atoms with Gasteiger partial charge in [0, 0.05) is 44.6 Å². The maximum absolute atomic E-state index is 11.2. The van der Waals surface area contributed by atoms with Gasteiger partial charge in [-0.1, -0.05) is 29.8 Å². The summed E-state index contributed by atoms with van der Waals surface area (Å²) in [5.41, 5.74) is 5.99. The van der Waals surface area contributed by atoms with Gasteiger partial charge in [0.05, 0.1) is 11.8 Å². The van der Waals surface area contributed by atoms with Crippen molar-refractivity contribution in [3.05, 3.63) is 46.5 Å². The molecule has 1 N–H and O–H groups in total. The summed E-state index contributed by atoms with van der Waals surface area (Å²) in [6, 6.07) is 7.82. The summed E-state index contributed by atoms with van der Waals surface area (Å²) in [6.45, 7) is 2.67. The minimum atomic E-state index is 0.00249. The summed E-state index contributed by atoms with van der Waals surface area (Å²) in [7, 11) is 1.74. The highest BCUT2D eigenvalue weighted by Gasteiger charge is 2.21. The van der Waals surface area contributed by atoms with E-state index in [9.17, 15) is 4.79 Å². The number of amides is 1. The van der Waals surface area contributed by atoms with E-state index in [0.29, 0.717) is 6.42 Å². The maximum Gasteiger partial charge on any atom is 0.240 e. The smallest absolute Gasteiger partial charge is 0.240 e. The van der Waals surface area contributed by atoms with Crippen LogP contribution >= 0.6 is 11.6 Å². The number of ether oxygens (including phenoxy) is 1. The van der Waals surface area contributed by atoms with Crippen LogP contribution in [0.25, 0.3) is 0 Å². The fourth-order valence-electron chi connectivity index (χ4n) is 3.07. The zero-order valence-corrected chi connectivity index (χ0v) is 14.6. The Balaban J connectivity index is 1.59. The maximum atomic E-state index is 11.2. The zero-order valence-electron chi connectivity index (χ0n) is 13.8.